The molecule has 0 aromatic rings. The Morgan fingerprint density at radius 3 is 1.43 bits per heavy atom. The molecule has 36 valence electrons. The standard InChI is InChI=1S/CH2O3.Al.Mg.Na.6H/c2-1(3)4;;;;;;;;;/h(H2,2,3,4);;;;;;;;;/q;;+2;+1;;;;3*-1. The van der Waals surface area contributed by atoms with E-state index < -0.39 is 6.16 Å². The summed E-state index contributed by atoms with van der Waals surface area (Å²) in [6, 6.07) is 0. The van der Waals surface area contributed by atoms with Gasteiger partial charge < -0.3 is 14.5 Å². The molecule has 0 saturated heterocycles. The Kier molecular flexibility index (Phi) is 52.6. The molecule has 0 atom stereocenters. The van der Waals surface area contributed by atoms with E-state index >= 15 is 0 Å². The van der Waals surface area contributed by atoms with Crippen molar-refractivity contribution in [3.05, 3.63) is 0 Å². The van der Waals surface area contributed by atoms with Crippen LogP contribution in [0.15, 0.2) is 0 Å². The van der Waals surface area contributed by atoms with Crippen LogP contribution < -0.4 is 29.6 Å². The fraction of sp³-hybridized carbons (Fsp3) is 0. The Labute approximate surface area is 94.5 Å². The maximum atomic E-state index is 8.56. The molecule has 0 amide bonds. The Morgan fingerprint density at radius 2 is 1.43 bits per heavy atom. The van der Waals surface area contributed by atoms with E-state index in [-0.39, 0.29) is 74.3 Å². The van der Waals surface area contributed by atoms with Crippen LogP contribution in [0.25, 0.3) is 0 Å². The zero-order chi connectivity index (χ0) is 3.58. The summed E-state index contributed by atoms with van der Waals surface area (Å²) in [6.07, 6.45) is -1.83. The molecule has 0 spiro atoms. The third-order valence-electron chi connectivity index (χ3n) is 0. The molecule has 3 nitrogen and oxygen atoms in total. The van der Waals surface area contributed by atoms with Gasteiger partial charge in [-0.25, -0.2) is 4.79 Å². The van der Waals surface area contributed by atoms with E-state index in [1.807, 2.05) is 0 Å². The van der Waals surface area contributed by atoms with E-state index in [1.54, 1.807) is 0 Å². The molecule has 0 aromatic heterocycles. The monoisotopic (exact) mass is 142 g/mol. The van der Waals surface area contributed by atoms with Crippen molar-refractivity contribution in [3.8, 4) is 0 Å². The van der Waals surface area contributed by atoms with Gasteiger partial charge in [0.1, 0.15) is 0 Å². The first kappa shape index (κ1) is 23.5. The molecule has 0 aliphatic heterocycles. The summed E-state index contributed by atoms with van der Waals surface area (Å²) in [7, 11) is 0. The van der Waals surface area contributed by atoms with Gasteiger partial charge in [-0.05, 0) is 0 Å². The van der Waals surface area contributed by atoms with Crippen molar-refractivity contribution in [3.63, 3.8) is 0 Å². The first-order valence-corrected chi connectivity index (χ1v) is 0.651. The van der Waals surface area contributed by atoms with Gasteiger partial charge in [-0.15, -0.1) is 0 Å². The van der Waals surface area contributed by atoms with Crippen LogP contribution in [0.1, 0.15) is 4.28 Å². The fourth-order valence-electron chi connectivity index (χ4n) is 0. The van der Waals surface area contributed by atoms with E-state index in [2.05, 4.69) is 0 Å². The first-order valence-electron chi connectivity index (χ1n) is 0.651. The Morgan fingerprint density at radius 1 is 1.43 bits per heavy atom. The SMILES string of the molecule is O=C(O)O.[AlH3].[H-].[H-].[H-].[Mg+2].[Na+]. The van der Waals surface area contributed by atoms with Gasteiger partial charge >= 0.3 is 58.8 Å². The van der Waals surface area contributed by atoms with Gasteiger partial charge in [0.25, 0.3) is 0 Å². The molecule has 0 unspecified atom stereocenters. The Hall–Kier alpha value is 1.57. The van der Waals surface area contributed by atoms with Crippen molar-refractivity contribution in [1.82, 2.24) is 0 Å². The van der Waals surface area contributed by atoms with E-state index in [9.17, 15) is 0 Å². The van der Waals surface area contributed by atoms with Crippen LogP contribution in [-0.4, -0.2) is 56.8 Å². The molecular weight excluding hydrogens is 134 g/mol. The second kappa shape index (κ2) is 15.6. The van der Waals surface area contributed by atoms with Crippen LogP contribution in [-0.2, 0) is 0 Å². The molecule has 0 bridgehead atoms. The molecule has 2 N–H and O–H groups in total. The van der Waals surface area contributed by atoms with Gasteiger partial charge in [-0.2, -0.15) is 0 Å². The van der Waals surface area contributed by atoms with Crippen molar-refractivity contribution in [2.45, 2.75) is 0 Å². The first-order chi connectivity index (χ1) is 1.73. The quantitative estimate of drug-likeness (QED) is 0.339. The van der Waals surface area contributed by atoms with Crippen LogP contribution in [0.2, 0.25) is 0 Å². The molecule has 0 fully saturated rings. The van der Waals surface area contributed by atoms with E-state index in [0.29, 0.717) is 0 Å². The van der Waals surface area contributed by atoms with Gasteiger partial charge in [-0.3, -0.25) is 0 Å². The second-order valence-electron chi connectivity index (χ2n) is 0.283. The Balaban J connectivity index is -0.00000000300. The van der Waals surface area contributed by atoms with Crippen molar-refractivity contribution in [1.29, 1.82) is 0 Å². The van der Waals surface area contributed by atoms with Crippen molar-refractivity contribution in [2.24, 2.45) is 0 Å². The topological polar surface area (TPSA) is 57.5 Å². The molecule has 6 heteroatoms. The molecule has 0 aromatic carbocycles. The Bertz CT molecular complexity index is 46.7. The van der Waals surface area contributed by atoms with E-state index in [4.69, 9.17) is 15.0 Å². The van der Waals surface area contributed by atoms with E-state index in [0.717, 1.165) is 0 Å². The number of hydrogen-bond acceptors (Lipinski definition) is 1. The maximum absolute atomic E-state index is 8.56. The summed E-state index contributed by atoms with van der Waals surface area (Å²) in [4.78, 5) is 8.56. The molecule has 7 heavy (non-hydrogen) atoms. The summed E-state index contributed by atoms with van der Waals surface area (Å²) in [5.74, 6) is 0. The van der Waals surface area contributed by atoms with Crippen LogP contribution in [0.3, 0.4) is 0 Å². The molecule has 0 aliphatic carbocycles. The normalized spacial score (nSPS) is 3.43. The van der Waals surface area contributed by atoms with Crippen LogP contribution in [0.5, 0.6) is 0 Å². The van der Waals surface area contributed by atoms with Gasteiger partial charge in [0, 0.05) is 0 Å². The minimum atomic E-state index is -1.83. The van der Waals surface area contributed by atoms with Gasteiger partial charge in [-0.1, -0.05) is 0 Å². The average Bonchev–Trinajstić information content (AvgIpc) is 0.811. The van der Waals surface area contributed by atoms with Gasteiger partial charge in [0.2, 0.25) is 0 Å². The predicted molar refractivity (Wildman–Crippen MR) is 29.7 cm³/mol. The minimum absolute atomic E-state index is 0. The maximum Gasteiger partial charge on any atom is 2.00 e. The van der Waals surface area contributed by atoms with Gasteiger partial charge in [0.15, 0.2) is 17.4 Å². The number of carboxylic acid groups (broad SMARTS) is 2. The van der Waals surface area contributed by atoms with Crippen LogP contribution in [0, 0.1) is 0 Å². The molecule has 0 heterocycles. The van der Waals surface area contributed by atoms with E-state index in [1.165, 1.54) is 0 Å². The number of rotatable bonds is 0. The molecule has 0 rings (SSSR count). The second-order valence-corrected chi connectivity index (χ2v) is 0.283. The smallest absolute Gasteiger partial charge is 1.00 e. The summed E-state index contributed by atoms with van der Waals surface area (Å²) in [6.45, 7) is 0. The van der Waals surface area contributed by atoms with Crippen molar-refractivity contribution in [2.75, 3.05) is 0 Å². The minimum Gasteiger partial charge on any atom is -1.00 e. The van der Waals surface area contributed by atoms with Crippen LogP contribution in [0.4, 0.5) is 4.79 Å². The summed E-state index contributed by atoms with van der Waals surface area (Å²) in [5.41, 5.74) is 0. The third kappa shape index (κ3) is 95.4. The summed E-state index contributed by atoms with van der Waals surface area (Å²) in [5, 5.41) is 13.9. The molecule has 0 saturated carbocycles. The van der Waals surface area contributed by atoms with Crippen molar-refractivity contribution >= 4 is 46.6 Å². The zero-order valence-corrected chi connectivity index (χ0v) is 6.92. The fourth-order valence-corrected chi connectivity index (χ4v) is 0. The van der Waals surface area contributed by atoms with Crippen molar-refractivity contribution < 1.29 is 48.8 Å². The third-order valence-corrected chi connectivity index (χ3v) is 0. The molecule has 0 aliphatic rings. The summed E-state index contributed by atoms with van der Waals surface area (Å²) >= 11 is 0. The largest absolute Gasteiger partial charge is 2.00 e. The average molecular weight is 142 g/mol. The number of carbonyl (C=O) groups is 1. The number of hydrogen-bond donors (Lipinski definition) is 2. The summed E-state index contributed by atoms with van der Waals surface area (Å²) < 4.78 is 0. The molecule has 0 radical (unpaired) electrons. The predicted octanol–water partition coefficient (Wildman–Crippen LogP) is -4.00. The molecular formula is CH8AlMgNaO3. The van der Waals surface area contributed by atoms with Gasteiger partial charge in [0.05, 0.1) is 0 Å². The van der Waals surface area contributed by atoms with Crippen LogP contribution >= 0.6 is 0 Å². The zero-order valence-electron chi connectivity index (χ0n) is 6.51.